The van der Waals surface area contributed by atoms with Gasteiger partial charge in [0, 0.05) is 12.6 Å². The maximum absolute atomic E-state index is 12.6. The van der Waals surface area contributed by atoms with Gasteiger partial charge < -0.3 is 4.90 Å². The largest absolute Gasteiger partial charge is 0.339 e. The molecule has 106 valence electrons. The number of hydrogen-bond donors (Lipinski definition) is 0. The molecule has 0 saturated heterocycles. The van der Waals surface area contributed by atoms with Gasteiger partial charge in [-0.2, -0.15) is 0 Å². The Morgan fingerprint density at radius 1 is 1.22 bits per heavy atom. The van der Waals surface area contributed by atoms with Crippen molar-refractivity contribution in [3.05, 3.63) is 0 Å². The summed E-state index contributed by atoms with van der Waals surface area (Å²) in [5.74, 6) is 1.33. The monoisotopic (exact) mass is 317 g/mol. The van der Waals surface area contributed by atoms with E-state index in [1.807, 2.05) is 0 Å². The highest BCUT2D eigenvalue weighted by atomic mass is 79.9. The molecule has 0 N–H and O–H groups in total. The van der Waals surface area contributed by atoms with Crippen LogP contribution in [-0.2, 0) is 4.79 Å². The molecule has 1 atom stereocenters. The summed E-state index contributed by atoms with van der Waals surface area (Å²) >= 11 is 3.57. The summed E-state index contributed by atoms with van der Waals surface area (Å²) in [6.07, 6.45) is 6.07. The van der Waals surface area contributed by atoms with E-state index in [-0.39, 0.29) is 4.83 Å². The van der Waals surface area contributed by atoms with Crippen LogP contribution in [0.1, 0.15) is 59.8 Å². The van der Waals surface area contributed by atoms with Crippen LogP contribution < -0.4 is 0 Å². The molecule has 1 amide bonds. The minimum Gasteiger partial charge on any atom is -0.339 e. The molecule has 1 aliphatic rings. The number of carbonyl (C=O) groups excluding carboxylic acids is 1. The molecule has 1 fully saturated rings. The van der Waals surface area contributed by atoms with Gasteiger partial charge >= 0.3 is 0 Å². The first-order chi connectivity index (χ1) is 8.43. The molecule has 18 heavy (non-hydrogen) atoms. The first-order valence-corrected chi connectivity index (χ1v) is 8.29. The van der Waals surface area contributed by atoms with Gasteiger partial charge in [0.1, 0.15) is 0 Å². The normalized spacial score (nSPS) is 18.6. The van der Waals surface area contributed by atoms with Gasteiger partial charge in [0.2, 0.25) is 5.91 Å². The summed E-state index contributed by atoms with van der Waals surface area (Å²) in [7, 11) is 0. The van der Waals surface area contributed by atoms with Crippen molar-refractivity contribution in [1.82, 2.24) is 4.90 Å². The summed E-state index contributed by atoms with van der Waals surface area (Å²) < 4.78 is 0. The van der Waals surface area contributed by atoms with E-state index in [9.17, 15) is 4.79 Å². The molecule has 0 spiro atoms. The molecular weight excluding hydrogens is 290 g/mol. The first-order valence-electron chi connectivity index (χ1n) is 7.38. The summed E-state index contributed by atoms with van der Waals surface area (Å²) in [4.78, 5) is 14.7. The fraction of sp³-hybridized carbons (Fsp3) is 0.933. The van der Waals surface area contributed by atoms with Gasteiger partial charge in [-0.1, -0.05) is 56.5 Å². The van der Waals surface area contributed by atoms with E-state index in [1.165, 1.54) is 25.7 Å². The Balaban J connectivity index is 2.66. The van der Waals surface area contributed by atoms with E-state index in [4.69, 9.17) is 0 Å². The number of alkyl halides is 1. The third-order valence-electron chi connectivity index (χ3n) is 3.82. The van der Waals surface area contributed by atoms with E-state index >= 15 is 0 Å². The van der Waals surface area contributed by atoms with E-state index in [0.29, 0.717) is 23.8 Å². The number of nitrogens with zero attached hydrogens (tertiary/aromatic N) is 1. The van der Waals surface area contributed by atoms with Crippen molar-refractivity contribution in [2.24, 2.45) is 11.8 Å². The van der Waals surface area contributed by atoms with Crippen molar-refractivity contribution >= 4 is 21.8 Å². The van der Waals surface area contributed by atoms with Crippen molar-refractivity contribution < 1.29 is 4.79 Å². The Morgan fingerprint density at radius 2 is 1.78 bits per heavy atom. The molecule has 1 unspecified atom stereocenters. The molecule has 0 aromatic rings. The lowest BCUT2D eigenvalue weighted by Crippen LogP contribution is -2.45. The smallest absolute Gasteiger partial charge is 0.236 e. The molecule has 2 nitrogen and oxygen atoms in total. The zero-order valence-electron chi connectivity index (χ0n) is 12.3. The Bertz CT molecular complexity index is 259. The Kier molecular flexibility index (Phi) is 6.68. The maximum Gasteiger partial charge on any atom is 0.236 e. The predicted molar refractivity (Wildman–Crippen MR) is 81.0 cm³/mol. The average Bonchev–Trinajstić information content (AvgIpc) is 2.81. The highest BCUT2D eigenvalue weighted by Gasteiger charge is 2.31. The standard InChI is InChI=1S/C15H28BrNO/c1-11(2)9-10-17(13-7-5-6-8-13)15(18)14(16)12(3)4/h11-14H,5-10H2,1-4H3. The molecule has 1 saturated carbocycles. The van der Waals surface area contributed by atoms with Crippen LogP contribution in [0.3, 0.4) is 0 Å². The van der Waals surface area contributed by atoms with Crippen LogP contribution in [0.5, 0.6) is 0 Å². The molecule has 0 bridgehead atoms. The minimum absolute atomic E-state index is 0.0229. The predicted octanol–water partition coefficient (Wildman–Crippen LogP) is 4.22. The molecule has 1 rings (SSSR count). The summed E-state index contributed by atoms with van der Waals surface area (Å²) in [5, 5.41) is 0. The third-order valence-corrected chi connectivity index (χ3v) is 5.27. The van der Waals surface area contributed by atoms with Crippen molar-refractivity contribution in [2.75, 3.05) is 6.54 Å². The van der Waals surface area contributed by atoms with Crippen LogP contribution >= 0.6 is 15.9 Å². The third kappa shape index (κ3) is 4.56. The first kappa shape index (κ1) is 16.0. The number of hydrogen-bond acceptors (Lipinski definition) is 1. The number of halogens is 1. The highest BCUT2D eigenvalue weighted by molar-refractivity contribution is 9.10. The number of carbonyl (C=O) groups is 1. The molecule has 0 aliphatic heterocycles. The highest BCUT2D eigenvalue weighted by Crippen LogP contribution is 2.27. The van der Waals surface area contributed by atoms with Crippen molar-refractivity contribution in [2.45, 2.75) is 70.7 Å². The zero-order chi connectivity index (χ0) is 13.7. The van der Waals surface area contributed by atoms with Crippen LogP contribution in [0.25, 0.3) is 0 Å². The van der Waals surface area contributed by atoms with Crippen LogP contribution in [-0.4, -0.2) is 28.2 Å². The van der Waals surface area contributed by atoms with E-state index < -0.39 is 0 Å². The van der Waals surface area contributed by atoms with Gasteiger partial charge in [0.05, 0.1) is 4.83 Å². The molecule has 0 heterocycles. The summed E-state index contributed by atoms with van der Waals surface area (Å²) in [6.45, 7) is 9.59. The van der Waals surface area contributed by atoms with Crippen LogP contribution in [0.4, 0.5) is 0 Å². The van der Waals surface area contributed by atoms with Gasteiger partial charge in [0.25, 0.3) is 0 Å². The number of rotatable bonds is 6. The Labute approximate surface area is 121 Å². The second-order valence-corrected chi connectivity index (χ2v) is 7.28. The molecule has 0 radical (unpaired) electrons. The van der Waals surface area contributed by atoms with Gasteiger partial charge in [-0.15, -0.1) is 0 Å². The maximum atomic E-state index is 12.6. The molecule has 1 aliphatic carbocycles. The molecule has 0 aromatic carbocycles. The Morgan fingerprint density at radius 3 is 2.22 bits per heavy atom. The molecular formula is C15H28BrNO. The second kappa shape index (κ2) is 7.52. The summed E-state index contributed by atoms with van der Waals surface area (Å²) in [5.41, 5.74) is 0. The quantitative estimate of drug-likeness (QED) is 0.671. The van der Waals surface area contributed by atoms with Crippen LogP contribution in [0.2, 0.25) is 0 Å². The van der Waals surface area contributed by atoms with Gasteiger partial charge in [-0.05, 0) is 31.1 Å². The van der Waals surface area contributed by atoms with Crippen LogP contribution in [0, 0.1) is 11.8 Å². The SMILES string of the molecule is CC(C)CCN(C(=O)C(Br)C(C)C)C1CCCC1. The van der Waals surface area contributed by atoms with Crippen molar-refractivity contribution in [3.8, 4) is 0 Å². The lowest BCUT2D eigenvalue weighted by molar-refractivity contribution is -0.133. The van der Waals surface area contributed by atoms with E-state index in [1.54, 1.807) is 0 Å². The fourth-order valence-corrected chi connectivity index (χ4v) is 2.79. The van der Waals surface area contributed by atoms with Gasteiger partial charge in [0.15, 0.2) is 0 Å². The fourth-order valence-electron chi connectivity index (χ4n) is 2.53. The zero-order valence-corrected chi connectivity index (χ0v) is 13.9. The lowest BCUT2D eigenvalue weighted by Gasteiger charge is -2.32. The number of amides is 1. The topological polar surface area (TPSA) is 20.3 Å². The van der Waals surface area contributed by atoms with Gasteiger partial charge in [-0.25, -0.2) is 0 Å². The van der Waals surface area contributed by atoms with Gasteiger partial charge in [-0.3, -0.25) is 4.79 Å². The minimum atomic E-state index is -0.0229. The van der Waals surface area contributed by atoms with Crippen LogP contribution in [0.15, 0.2) is 0 Å². The average molecular weight is 318 g/mol. The van der Waals surface area contributed by atoms with E-state index in [2.05, 4.69) is 48.5 Å². The second-order valence-electron chi connectivity index (χ2n) is 6.30. The van der Waals surface area contributed by atoms with E-state index in [0.717, 1.165) is 13.0 Å². The van der Waals surface area contributed by atoms with Crippen molar-refractivity contribution in [3.63, 3.8) is 0 Å². The molecule has 3 heteroatoms. The lowest BCUT2D eigenvalue weighted by atomic mass is 10.1. The molecule has 0 aromatic heterocycles. The Hall–Kier alpha value is -0.0500. The van der Waals surface area contributed by atoms with Crippen molar-refractivity contribution in [1.29, 1.82) is 0 Å². The summed E-state index contributed by atoms with van der Waals surface area (Å²) in [6, 6.07) is 0.495.